The van der Waals surface area contributed by atoms with E-state index in [9.17, 15) is 0 Å². The van der Waals surface area contributed by atoms with Crippen LogP contribution in [0.3, 0.4) is 0 Å². The number of aromatic nitrogens is 1. The third-order valence-electron chi connectivity index (χ3n) is 6.83. The van der Waals surface area contributed by atoms with E-state index in [1.165, 1.54) is 55.1 Å². The number of pyridine rings is 1. The third kappa shape index (κ3) is 3.28. The van der Waals surface area contributed by atoms with Crippen LogP contribution >= 0.6 is 0 Å². The van der Waals surface area contributed by atoms with Crippen molar-refractivity contribution >= 4 is 21.5 Å². The first kappa shape index (κ1) is 21.0. The van der Waals surface area contributed by atoms with E-state index in [1.807, 2.05) is 0 Å². The number of hydrogen-bond acceptors (Lipinski definition) is 1. The number of aryl methyl sites for hydroxylation is 3. The van der Waals surface area contributed by atoms with Gasteiger partial charge in [-0.2, -0.15) is 0 Å². The molecular weight excluding hydrogens is 390 g/mol. The van der Waals surface area contributed by atoms with Crippen molar-refractivity contribution < 1.29 is 9.30 Å². The molecule has 1 aromatic heterocycles. The van der Waals surface area contributed by atoms with Crippen molar-refractivity contribution in [2.75, 3.05) is 0 Å². The standard InChI is InChI=1S/C30H34NO/c1-17(2)12-21-8-9-24-19(5)27-29-28-23(10-11-31(29)7)14-22(13-18(3)4)16-26(28)32-30(27)20(6)25(24)15-21/h8-11,14-18H,12-13H2,1-7H3/q+1. The lowest BCUT2D eigenvalue weighted by Gasteiger charge is -2.25. The molecule has 1 aliphatic rings. The second-order valence-electron chi connectivity index (χ2n) is 10.5. The second-order valence-corrected chi connectivity index (χ2v) is 10.5. The van der Waals surface area contributed by atoms with Gasteiger partial charge in [-0.25, -0.2) is 4.57 Å². The van der Waals surface area contributed by atoms with Crippen LogP contribution in [0.5, 0.6) is 11.5 Å². The minimum absolute atomic E-state index is 0.613. The van der Waals surface area contributed by atoms with Gasteiger partial charge in [0.25, 0.3) is 0 Å². The molecular formula is C30H34NO+. The molecule has 0 N–H and O–H groups in total. The van der Waals surface area contributed by atoms with Crippen LogP contribution in [-0.4, -0.2) is 0 Å². The quantitative estimate of drug-likeness (QED) is 0.271. The van der Waals surface area contributed by atoms with Gasteiger partial charge >= 0.3 is 0 Å². The maximum absolute atomic E-state index is 6.75. The third-order valence-corrected chi connectivity index (χ3v) is 6.83. The van der Waals surface area contributed by atoms with Crippen LogP contribution in [0.25, 0.3) is 32.8 Å². The van der Waals surface area contributed by atoms with Crippen molar-refractivity contribution in [2.24, 2.45) is 18.9 Å². The zero-order chi connectivity index (χ0) is 22.7. The molecule has 0 bridgehead atoms. The summed E-state index contributed by atoms with van der Waals surface area (Å²) >= 11 is 0. The predicted octanol–water partition coefficient (Wildman–Crippen LogP) is 7.60. The van der Waals surface area contributed by atoms with Crippen molar-refractivity contribution in [3.05, 3.63) is 64.8 Å². The number of hydrogen-bond donors (Lipinski definition) is 0. The lowest BCUT2D eigenvalue weighted by molar-refractivity contribution is -0.659. The summed E-state index contributed by atoms with van der Waals surface area (Å²) in [5.41, 5.74) is 7.80. The van der Waals surface area contributed by atoms with Gasteiger partial charge in [-0.15, -0.1) is 0 Å². The number of benzene rings is 3. The Bertz CT molecular complexity index is 1380. The number of ether oxygens (including phenoxy) is 1. The largest absolute Gasteiger partial charge is 0.455 e. The SMILES string of the molecule is Cc1c2c(c(C)c3ccc(CC(C)C)cc13)-c1c3c(cc(CC(C)C)cc3cc[n+]1C)O2. The first-order chi connectivity index (χ1) is 15.2. The molecule has 164 valence electrons. The van der Waals surface area contributed by atoms with Crippen LogP contribution in [0.1, 0.15) is 49.9 Å². The first-order valence-corrected chi connectivity index (χ1v) is 11.9. The Hall–Kier alpha value is -2.87. The molecule has 3 aromatic carbocycles. The molecule has 2 nitrogen and oxygen atoms in total. The number of rotatable bonds is 4. The van der Waals surface area contributed by atoms with Gasteiger partial charge in [-0.3, -0.25) is 0 Å². The van der Waals surface area contributed by atoms with Crippen LogP contribution in [-0.2, 0) is 19.9 Å². The maximum atomic E-state index is 6.75. The van der Waals surface area contributed by atoms with Gasteiger partial charge in [0.2, 0.25) is 5.69 Å². The topological polar surface area (TPSA) is 13.1 Å². The molecule has 0 saturated carbocycles. The molecule has 4 aromatic rings. The van der Waals surface area contributed by atoms with Gasteiger partial charge in [0.05, 0.1) is 10.9 Å². The van der Waals surface area contributed by atoms with Crippen LogP contribution in [0.2, 0.25) is 0 Å². The van der Waals surface area contributed by atoms with E-state index in [2.05, 4.69) is 95.8 Å². The summed E-state index contributed by atoms with van der Waals surface area (Å²) in [7, 11) is 2.15. The highest BCUT2D eigenvalue weighted by molar-refractivity contribution is 6.06. The molecule has 5 rings (SSSR count). The van der Waals surface area contributed by atoms with E-state index in [-0.39, 0.29) is 0 Å². The minimum Gasteiger partial charge on any atom is -0.455 e. The van der Waals surface area contributed by atoms with E-state index >= 15 is 0 Å². The van der Waals surface area contributed by atoms with Crippen LogP contribution in [0.15, 0.2) is 42.6 Å². The molecule has 1 aliphatic heterocycles. The summed E-state index contributed by atoms with van der Waals surface area (Å²) in [6, 6.07) is 13.8. The fourth-order valence-corrected chi connectivity index (χ4v) is 5.46. The van der Waals surface area contributed by atoms with E-state index in [0.29, 0.717) is 11.8 Å². The summed E-state index contributed by atoms with van der Waals surface area (Å²) in [6.07, 6.45) is 4.35. The molecule has 0 fully saturated rings. The van der Waals surface area contributed by atoms with Gasteiger partial charge in [0.15, 0.2) is 6.20 Å². The Kier molecular flexibility index (Phi) is 5.00. The predicted molar refractivity (Wildman–Crippen MR) is 135 cm³/mol. The van der Waals surface area contributed by atoms with E-state index in [1.54, 1.807) is 0 Å². The summed E-state index contributed by atoms with van der Waals surface area (Å²) in [5, 5.41) is 5.14. The monoisotopic (exact) mass is 424 g/mol. The Balaban J connectivity index is 1.82. The minimum atomic E-state index is 0.613. The smallest absolute Gasteiger partial charge is 0.228 e. The highest BCUT2D eigenvalue weighted by Crippen LogP contribution is 2.50. The van der Waals surface area contributed by atoms with Crippen molar-refractivity contribution in [3.63, 3.8) is 0 Å². The van der Waals surface area contributed by atoms with Gasteiger partial charge in [-0.05, 0) is 77.4 Å². The average molecular weight is 425 g/mol. The van der Waals surface area contributed by atoms with Gasteiger partial charge < -0.3 is 4.74 Å². The number of fused-ring (bicyclic) bond motifs is 3. The molecule has 0 unspecified atom stereocenters. The lowest BCUT2D eigenvalue weighted by atomic mass is 9.87. The van der Waals surface area contributed by atoms with Crippen molar-refractivity contribution in [2.45, 2.75) is 54.4 Å². The van der Waals surface area contributed by atoms with Crippen molar-refractivity contribution in [1.82, 2.24) is 0 Å². The van der Waals surface area contributed by atoms with Gasteiger partial charge in [-0.1, -0.05) is 52.0 Å². The Morgan fingerprint density at radius 1 is 0.812 bits per heavy atom. The summed E-state index contributed by atoms with van der Waals surface area (Å²) in [6.45, 7) is 13.6. The van der Waals surface area contributed by atoms with E-state index in [0.717, 1.165) is 24.3 Å². The van der Waals surface area contributed by atoms with Gasteiger partial charge in [0, 0.05) is 11.6 Å². The van der Waals surface area contributed by atoms with E-state index in [4.69, 9.17) is 4.74 Å². The molecule has 2 heterocycles. The Morgan fingerprint density at radius 3 is 2.25 bits per heavy atom. The van der Waals surface area contributed by atoms with Crippen molar-refractivity contribution in [3.8, 4) is 22.8 Å². The highest BCUT2D eigenvalue weighted by atomic mass is 16.5. The Labute approximate surface area is 191 Å². The molecule has 32 heavy (non-hydrogen) atoms. The number of nitrogens with zero attached hydrogens (tertiary/aromatic N) is 1. The summed E-state index contributed by atoms with van der Waals surface area (Å²) < 4.78 is 9.02. The van der Waals surface area contributed by atoms with Crippen LogP contribution < -0.4 is 9.30 Å². The second kappa shape index (κ2) is 7.62. The molecule has 0 atom stereocenters. The fraction of sp³-hybridized carbons (Fsp3) is 0.367. The molecule has 0 radical (unpaired) electrons. The van der Waals surface area contributed by atoms with E-state index < -0.39 is 0 Å². The fourth-order valence-electron chi connectivity index (χ4n) is 5.46. The van der Waals surface area contributed by atoms with Crippen molar-refractivity contribution in [1.29, 1.82) is 0 Å². The van der Waals surface area contributed by atoms with Crippen LogP contribution in [0, 0.1) is 25.7 Å². The molecule has 2 heteroatoms. The highest BCUT2D eigenvalue weighted by Gasteiger charge is 2.32. The molecule has 0 saturated heterocycles. The molecule has 0 spiro atoms. The molecule has 0 aliphatic carbocycles. The maximum Gasteiger partial charge on any atom is 0.228 e. The first-order valence-electron chi connectivity index (χ1n) is 11.9. The Morgan fingerprint density at radius 2 is 1.53 bits per heavy atom. The normalized spacial score (nSPS) is 12.7. The van der Waals surface area contributed by atoms with Gasteiger partial charge in [0.1, 0.15) is 18.5 Å². The zero-order valence-electron chi connectivity index (χ0n) is 20.5. The zero-order valence-corrected chi connectivity index (χ0v) is 20.5. The lowest BCUT2D eigenvalue weighted by Crippen LogP contribution is -2.32. The average Bonchev–Trinajstić information content (AvgIpc) is 2.72. The summed E-state index contributed by atoms with van der Waals surface area (Å²) in [4.78, 5) is 0. The summed E-state index contributed by atoms with van der Waals surface area (Å²) in [5.74, 6) is 3.28. The molecule has 0 amide bonds. The van der Waals surface area contributed by atoms with Crippen LogP contribution in [0.4, 0.5) is 0 Å².